The maximum atomic E-state index is 13.2. The number of carboxylic acids is 1. The number of hydrogen-bond donors (Lipinski definition) is 9. The van der Waals surface area contributed by atoms with E-state index in [0.29, 0.717) is 0 Å². The van der Waals surface area contributed by atoms with E-state index < -0.39 is 113 Å². The van der Waals surface area contributed by atoms with Gasteiger partial charge >= 0.3 is 21.6 Å². The number of anilines is 2. The molecule has 0 spiro atoms. The highest BCUT2D eigenvalue weighted by atomic mass is 31.2. The van der Waals surface area contributed by atoms with Crippen LogP contribution in [-0.4, -0.2) is 120 Å². The Morgan fingerprint density at radius 3 is 1.96 bits per heavy atom. The first-order valence-electron chi connectivity index (χ1n) is 14.2. The summed E-state index contributed by atoms with van der Waals surface area (Å²) in [6.45, 7) is -1.92. The van der Waals surface area contributed by atoms with Gasteiger partial charge in [-0.3, -0.25) is 51.6 Å². The Morgan fingerprint density at radius 1 is 0.860 bits per heavy atom. The van der Waals surface area contributed by atoms with Gasteiger partial charge in [0.25, 0.3) is 11.1 Å². The molecule has 7 rings (SSSR count). The van der Waals surface area contributed by atoms with E-state index >= 15 is 0 Å². The van der Waals surface area contributed by atoms with Gasteiger partial charge in [-0.15, -0.1) is 0 Å². The number of aromatic nitrogens is 8. The summed E-state index contributed by atoms with van der Waals surface area (Å²) < 4.78 is 60.6. The third kappa shape index (κ3) is 6.10. The number of nitrogens with two attached hydrogens (primary N) is 2. The second-order valence-corrected chi connectivity index (χ2v) is 14.0. The number of aliphatic carboxylic acids is 1. The van der Waals surface area contributed by atoms with Gasteiger partial charge < -0.3 is 46.0 Å². The van der Waals surface area contributed by atoms with Crippen LogP contribution in [0, 0.1) is 0 Å². The third-order valence-electron chi connectivity index (χ3n) is 7.86. The molecular formula is C22H26N10O16P2. The van der Waals surface area contributed by atoms with E-state index in [4.69, 9.17) is 39.0 Å². The molecule has 3 aliphatic heterocycles. The van der Waals surface area contributed by atoms with Crippen LogP contribution in [0.5, 0.6) is 0 Å². The fraction of sp³-hybridized carbons (Fsp3) is 0.500. The number of nitrogens with one attached hydrogen (secondary N) is 2. The Labute approximate surface area is 274 Å². The number of rotatable bonds is 4. The molecule has 0 saturated carbocycles. The molecule has 4 aromatic rings. The average Bonchev–Trinajstić information content (AvgIpc) is 3.74. The fourth-order valence-electron chi connectivity index (χ4n) is 5.82. The number of carboxylic acid groups (broad SMARTS) is 1. The highest BCUT2D eigenvalue weighted by molar-refractivity contribution is 7.47. The molecule has 3 aliphatic rings. The van der Waals surface area contributed by atoms with Gasteiger partial charge in [0, 0.05) is 0 Å². The molecule has 0 aliphatic carbocycles. The quantitative estimate of drug-likeness (QED) is 0.0917. The SMILES string of the molecule is Nc1nc2c(ncn2[C@@H]2O[C@@H]3COP(=O)(O)O[C@H]4[C@@H](O)[C@H](n5c(CC(=O)O)nc6c(=O)[nH]c(N)nc65)O[C@@H]4COP(=O)(O)O[C@H]3[C@H]2O)c(=O)[nH]1. The zero-order chi connectivity index (χ0) is 35.9. The molecule has 50 heavy (non-hydrogen) atoms. The topological polar surface area (TPSA) is 387 Å². The zero-order valence-electron chi connectivity index (χ0n) is 24.8. The van der Waals surface area contributed by atoms with Crippen molar-refractivity contribution in [3.05, 3.63) is 32.9 Å². The predicted molar refractivity (Wildman–Crippen MR) is 158 cm³/mol. The molecule has 3 saturated heterocycles. The number of aromatic amines is 2. The van der Waals surface area contributed by atoms with Crippen molar-refractivity contribution in [3.63, 3.8) is 0 Å². The van der Waals surface area contributed by atoms with Crippen LogP contribution in [0.3, 0.4) is 0 Å². The predicted octanol–water partition coefficient (Wildman–Crippen LogP) is -3.42. The second-order valence-electron chi connectivity index (χ2n) is 11.1. The molecule has 0 amide bonds. The standard InChI is InChI=1S/C22H26N10O16P2/c23-21-27-15-9(17(37)29-21)25-4-31(15)19-11(35)13-5(45-19)2-43-50(41,42)48-14-6(3-44-49(39,40)47-13)46-20(12(14)36)32-7(1-8(33)34)26-10-16(32)28-22(24)30-18(10)38/h4-6,11-14,19-20,35-36H,1-3H2,(H,33,34)(H,39,40)(H,41,42)(H3,23,27,29,37)(H3,24,28,30,38)/t5-,6-,11-,12-,13-,14-,19-,20-/m1/s1. The van der Waals surface area contributed by atoms with E-state index in [0.717, 1.165) is 15.5 Å². The van der Waals surface area contributed by atoms with Crippen LogP contribution < -0.4 is 22.6 Å². The number of nitrogen functional groups attached to an aromatic ring is 2. The van der Waals surface area contributed by atoms with Crippen LogP contribution in [0.15, 0.2) is 15.9 Å². The van der Waals surface area contributed by atoms with Crippen molar-refractivity contribution in [1.29, 1.82) is 0 Å². The minimum atomic E-state index is -5.23. The zero-order valence-corrected chi connectivity index (χ0v) is 26.6. The Balaban J connectivity index is 1.20. The van der Waals surface area contributed by atoms with Crippen LogP contribution in [0.4, 0.5) is 11.9 Å². The van der Waals surface area contributed by atoms with Crippen molar-refractivity contribution in [2.45, 2.75) is 55.5 Å². The van der Waals surface area contributed by atoms with Gasteiger partial charge in [0.1, 0.15) is 48.9 Å². The lowest BCUT2D eigenvalue weighted by atomic mass is 10.1. The summed E-state index contributed by atoms with van der Waals surface area (Å²) in [5.41, 5.74) is 8.62. The van der Waals surface area contributed by atoms with E-state index in [2.05, 4.69) is 29.9 Å². The van der Waals surface area contributed by atoms with Crippen LogP contribution in [0.25, 0.3) is 22.3 Å². The molecule has 10 atom stereocenters. The fourth-order valence-corrected chi connectivity index (χ4v) is 7.75. The smallest absolute Gasteiger partial charge is 0.472 e. The first-order chi connectivity index (χ1) is 23.5. The summed E-state index contributed by atoms with van der Waals surface area (Å²) in [6, 6.07) is 0. The molecule has 270 valence electrons. The molecule has 4 aromatic heterocycles. The molecule has 3 fully saturated rings. The van der Waals surface area contributed by atoms with Gasteiger partial charge in [0.2, 0.25) is 11.9 Å². The number of aliphatic hydroxyl groups is 2. The minimum Gasteiger partial charge on any atom is -0.481 e. The van der Waals surface area contributed by atoms with E-state index in [9.17, 15) is 48.6 Å². The number of ether oxygens (including phenoxy) is 2. The summed E-state index contributed by atoms with van der Waals surface area (Å²) in [7, 11) is -10.4. The van der Waals surface area contributed by atoms with Gasteiger partial charge in [-0.1, -0.05) is 0 Å². The molecule has 0 radical (unpaired) electrons. The van der Waals surface area contributed by atoms with E-state index in [1.165, 1.54) is 0 Å². The van der Waals surface area contributed by atoms with Crippen molar-refractivity contribution in [2.24, 2.45) is 0 Å². The Morgan fingerprint density at radius 2 is 1.38 bits per heavy atom. The van der Waals surface area contributed by atoms with E-state index in [1.54, 1.807) is 0 Å². The van der Waals surface area contributed by atoms with Crippen molar-refractivity contribution in [3.8, 4) is 0 Å². The number of imidazole rings is 2. The largest absolute Gasteiger partial charge is 0.481 e. The molecule has 0 bridgehead atoms. The van der Waals surface area contributed by atoms with Crippen molar-refractivity contribution in [2.75, 3.05) is 24.7 Å². The lowest BCUT2D eigenvalue weighted by molar-refractivity contribution is -0.136. The summed E-state index contributed by atoms with van der Waals surface area (Å²) in [5.74, 6) is -2.49. The number of carbonyl (C=O) groups is 1. The lowest BCUT2D eigenvalue weighted by Crippen LogP contribution is -2.39. The number of fused-ring (bicyclic) bond motifs is 4. The molecule has 0 aromatic carbocycles. The van der Waals surface area contributed by atoms with Crippen molar-refractivity contribution >= 4 is 55.8 Å². The number of hydrogen-bond acceptors (Lipinski definition) is 19. The van der Waals surface area contributed by atoms with Gasteiger partial charge in [0.05, 0.1) is 19.5 Å². The Bertz CT molecular complexity index is 2220. The van der Waals surface area contributed by atoms with Gasteiger partial charge in [-0.05, 0) is 0 Å². The lowest BCUT2D eigenvalue weighted by Gasteiger charge is -2.27. The van der Waals surface area contributed by atoms with Crippen LogP contribution >= 0.6 is 15.6 Å². The average molecular weight is 748 g/mol. The second kappa shape index (κ2) is 12.3. The van der Waals surface area contributed by atoms with Crippen molar-refractivity contribution < 1.29 is 66.6 Å². The summed E-state index contributed by atoms with van der Waals surface area (Å²) in [4.78, 5) is 78.0. The monoisotopic (exact) mass is 748 g/mol. The highest BCUT2D eigenvalue weighted by Crippen LogP contribution is 2.53. The first kappa shape index (κ1) is 34.3. The van der Waals surface area contributed by atoms with E-state index in [1.807, 2.05) is 0 Å². The number of aliphatic hydroxyl groups excluding tert-OH is 2. The molecular weight excluding hydrogens is 722 g/mol. The third-order valence-corrected chi connectivity index (χ3v) is 9.83. The van der Waals surface area contributed by atoms with E-state index in [-0.39, 0.29) is 28.6 Å². The molecule has 2 unspecified atom stereocenters. The summed E-state index contributed by atoms with van der Waals surface area (Å²) >= 11 is 0. The summed E-state index contributed by atoms with van der Waals surface area (Å²) in [5, 5.41) is 31.9. The number of phosphoric acid groups is 2. The van der Waals surface area contributed by atoms with Crippen LogP contribution in [0.2, 0.25) is 0 Å². The highest BCUT2D eigenvalue weighted by Gasteiger charge is 2.54. The first-order valence-corrected chi connectivity index (χ1v) is 17.2. The Hall–Kier alpha value is -4.17. The number of phosphoric ester groups is 2. The molecule has 26 nitrogen and oxygen atoms in total. The normalized spacial score (nSPS) is 35.0. The van der Waals surface area contributed by atoms with Gasteiger partial charge in [-0.2, -0.15) is 9.97 Å². The minimum absolute atomic E-state index is 0.152. The summed E-state index contributed by atoms with van der Waals surface area (Å²) in [6.07, 6.45) is -13.8. The van der Waals surface area contributed by atoms with Gasteiger partial charge in [0.15, 0.2) is 34.8 Å². The molecule has 28 heteroatoms. The number of nitrogens with zero attached hydrogens (tertiary/aromatic N) is 6. The maximum absolute atomic E-state index is 13.2. The molecule has 7 heterocycles. The number of H-pyrrole nitrogens is 2. The van der Waals surface area contributed by atoms with Crippen LogP contribution in [-0.2, 0) is 47.9 Å². The van der Waals surface area contributed by atoms with Crippen molar-refractivity contribution in [1.82, 2.24) is 39.0 Å². The van der Waals surface area contributed by atoms with Crippen LogP contribution in [0.1, 0.15) is 18.3 Å². The Kier molecular flexibility index (Phi) is 8.40. The molecule has 11 N–H and O–H groups in total. The van der Waals surface area contributed by atoms with Gasteiger partial charge in [-0.25, -0.2) is 19.1 Å². The maximum Gasteiger partial charge on any atom is 0.472 e.